The topological polar surface area (TPSA) is 71.2 Å². The van der Waals surface area contributed by atoms with Crippen molar-refractivity contribution in [2.24, 2.45) is 0 Å². The molecule has 0 amide bonds. The molecule has 5 nitrogen and oxygen atoms in total. The minimum absolute atomic E-state index is 0.0737. The lowest BCUT2D eigenvalue weighted by Crippen LogP contribution is -2.39. The molecule has 98 valence electrons. The zero-order valence-corrected chi connectivity index (χ0v) is 10.7. The van der Waals surface area contributed by atoms with Gasteiger partial charge in [0.05, 0.1) is 7.11 Å². The third-order valence-corrected chi connectivity index (χ3v) is 3.34. The van der Waals surface area contributed by atoms with Gasteiger partial charge in [0.15, 0.2) is 0 Å². The molecular weight excluding hydrogens is 232 g/mol. The van der Waals surface area contributed by atoms with E-state index in [9.17, 15) is 9.59 Å². The van der Waals surface area contributed by atoms with Crippen molar-refractivity contribution in [2.75, 3.05) is 7.11 Å². The van der Waals surface area contributed by atoms with E-state index in [0.29, 0.717) is 0 Å². The van der Waals surface area contributed by atoms with Crippen molar-refractivity contribution in [3.63, 3.8) is 0 Å². The molecule has 1 heterocycles. The molecule has 18 heavy (non-hydrogen) atoms. The fourth-order valence-corrected chi connectivity index (χ4v) is 2.42. The highest BCUT2D eigenvalue weighted by molar-refractivity contribution is 5.75. The van der Waals surface area contributed by atoms with Gasteiger partial charge in [-0.25, -0.2) is 0 Å². The number of ether oxygens (including phenoxy) is 1. The number of aromatic amines is 1. The Morgan fingerprint density at radius 1 is 1.56 bits per heavy atom. The Morgan fingerprint density at radius 2 is 2.33 bits per heavy atom. The lowest BCUT2D eigenvalue weighted by molar-refractivity contribution is -0.142. The van der Waals surface area contributed by atoms with Crippen molar-refractivity contribution in [3.8, 4) is 0 Å². The standard InChI is InChI=1S/C13H18N2O3/c1-8(13(17)18-2)14-10-4-3-5-11-9(10)6-7-12(16)15-11/h6-8,10,14H,3-5H2,1-2H3,(H,15,16)/t8-,10?/m1/s1. The third kappa shape index (κ3) is 2.61. The summed E-state index contributed by atoms with van der Waals surface area (Å²) in [7, 11) is 1.38. The first-order chi connectivity index (χ1) is 8.61. The summed E-state index contributed by atoms with van der Waals surface area (Å²) in [6, 6.07) is 3.12. The van der Waals surface area contributed by atoms with Gasteiger partial charge in [0.25, 0.3) is 0 Å². The molecule has 1 aromatic rings. The molecule has 2 atom stereocenters. The second-order valence-corrected chi connectivity index (χ2v) is 4.61. The van der Waals surface area contributed by atoms with Gasteiger partial charge < -0.3 is 9.72 Å². The van der Waals surface area contributed by atoms with Crippen LogP contribution in [0.5, 0.6) is 0 Å². The largest absolute Gasteiger partial charge is 0.468 e. The van der Waals surface area contributed by atoms with Crippen LogP contribution >= 0.6 is 0 Å². The van der Waals surface area contributed by atoms with Gasteiger partial charge in [-0.3, -0.25) is 14.9 Å². The minimum atomic E-state index is -0.349. The Hall–Kier alpha value is -1.62. The maximum atomic E-state index is 11.4. The van der Waals surface area contributed by atoms with E-state index in [1.807, 2.05) is 6.07 Å². The summed E-state index contributed by atoms with van der Waals surface area (Å²) in [6.45, 7) is 1.78. The Labute approximate surface area is 106 Å². The fourth-order valence-electron chi connectivity index (χ4n) is 2.42. The average Bonchev–Trinajstić information content (AvgIpc) is 2.37. The van der Waals surface area contributed by atoms with Crippen molar-refractivity contribution < 1.29 is 9.53 Å². The number of esters is 1. The predicted molar refractivity (Wildman–Crippen MR) is 67.4 cm³/mol. The molecule has 0 radical (unpaired) electrons. The zero-order chi connectivity index (χ0) is 13.1. The molecule has 0 aliphatic heterocycles. The summed E-state index contributed by atoms with van der Waals surface area (Å²) in [5.74, 6) is -0.272. The number of hydrogen-bond donors (Lipinski definition) is 2. The Kier molecular flexibility index (Phi) is 3.81. The van der Waals surface area contributed by atoms with Gasteiger partial charge in [-0.15, -0.1) is 0 Å². The van der Waals surface area contributed by atoms with Crippen LogP contribution < -0.4 is 10.9 Å². The van der Waals surface area contributed by atoms with E-state index in [-0.39, 0.29) is 23.6 Å². The number of carbonyl (C=O) groups excluding carboxylic acids is 1. The number of H-pyrrole nitrogens is 1. The lowest BCUT2D eigenvalue weighted by atomic mass is 9.91. The average molecular weight is 250 g/mol. The van der Waals surface area contributed by atoms with Crippen LogP contribution in [0.15, 0.2) is 16.9 Å². The van der Waals surface area contributed by atoms with Crippen LogP contribution in [0.25, 0.3) is 0 Å². The summed E-state index contributed by atoms with van der Waals surface area (Å²) >= 11 is 0. The molecule has 0 bridgehead atoms. The number of nitrogens with one attached hydrogen (secondary N) is 2. The number of aromatic nitrogens is 1. The Bertz CT molecular complexity index is 495. The summed E-state index contributed by atoms with van der Waals surface area (Å²) in [5, 5.41) is 3.25. The molecule has 1 aliphatic rings. The van der Waals surface area contributed by atoms with Gasteiger partial charge in [-0.1, -0.05) is 6.07 Å². The van der Waals surface area contributed by atoms with Crippen molar-refractivity contribution in [2.45, 2.75) is 38.3 Å². The summed E-state index contributed by atoms with van der Waals surface area (Å²) < 4.78 is 4.70. The van der Waals surface area contributed by atoms with Gasteiger partial charge >= 0.3 is 5.97 Å². The van der Waals surface area contributed by atoms with Gasteiger partial charge in [-0.05, 0) is 31.7 Å². The number of hydrogen-bond acceptors (Lipinski definition) is 4. The molecule has 1 unspecified atom stereocenters. The number of fused-ring (bicyclic) bond motifs is 1. The molecule has 0 saturated carbocycles. The molecule has 5 heteroatoms. The fraction of sp³-hybridized carbons (Fsp3) is 0.538. The van der Waals surface area contributed by atoms with Gasteiger partial charge in [-0.2, -0.15) is 0 Å². The van der Waals surface area contributed by atoms with Crippen LogP contribution in [-0.2, 0) is 16.0 Å². The number of methoxy groups -OCH3 is 1. The van der Waals surface area contributed by atoms with Crippen LogP contribution in [0, 0.1) is 0 Å². The molecule has 0 fully saturated rings. The Balaban J connectivity index is 2.17. The molecule has 0 saturated heterocycles. The van der Waals surface area contributed by atoms with Gasteiger partial charge in [0, 0.05) is 17.8 Å². The molecule has 0 aromatic carbocycles. The number of rotatable bonds is 3. The molecule has 2 N–H and O–H groups in total. The van der Waals surface area contributed by atoms with E-state index in [2.05, 4.69) is 10.3 Å². The quantitative estimate of drug-likeness (QED) is 0.782. The first-order valence-corrected chi connectivity index (χ1v) is 6.18. The molecule has 1 aliphatic carbocycles. The van der Waals surface area contributed by atoms with E-state index in [1.54, 1.807) is 6.92 Å². The second kappa shape index (κ2) is 5.35. The monoisotopic (exact) mass is 250 g/mol. The first kappa shape index (κ1) is 12.8. The second-order valence-electron chi connectivity index (χ2n) is 4.61. The van der Waals surface area contributed by atoms with E-state index in [4.69, 9.17) is 4.74 Å². The maximum absolute atomic E-state index is 11.4. The summed E-state index contributed by atoms with van der Waals surface area (Å²) in [5.41, 5.74) is 1.98. The van der Waals surface area contributed by atoms with Crippen molar-refractivity contribution in [3.05, 3.63) is 33.7 Å². The highest BCUT2D eigenvalue weighted by Gasteiger charge is 2.24. The highest BCUT2D eigenvalue weighted by Crippen LogP contribution is 2.27. The molecule has 0 spiro atoms. The number of aryl methyl sites for hydroxylation is 1. The SMILES string of the molecule is COC(=O)[C@@H](C)NC1CCCc2[nH]c(=O)ccc21. The molecular formula is C13H18N2O3. The maximum Gasteiger partial charge on any atom is 0.322 e. The predicted octanol–water partition coefficient (Wildman–Crippen LogP) is 0.903. The van der Waals surface area contributed by atoms with Gasteiger partial charge in [0.1, 0.15) is 6.04 Å². The minimum Gasteiger partial charge on any atom is -0.468 e. The number of pyridine rings is 1. The highest BCUT2D eigenvalue weighted by atomic mass is 16.5. The van der Waals surface area contributed by atoms with E-state index in [1.165, 1.54) is 13.2 Å². The van der Waals surface area contributed by atoms with Crippen LogP contribution in [0.2, 0.25) is 0 Å². The van der Waals surface area contributed by atoms with Crippen LogP contribution in [0.3, 0.4) is 0 Å². The first-order valence-electron chi connectivity index (χ1n) is 6.18. The smallest absolute Gasteiger partial charge is 0.322 e. The van der Waals surface area contributed by atoms with E-state index in [0.717, 1.165) is 30.5 Å². The van der Waals surface area contributed by atoms with Crippen LogP contribution in [0.1, 0.15) is 37.1 Å². The molecule has 1 aromatic heterocycles. The van der Waals surface area contributed by atoms with E-state index < -0.39 is 0 Å². The molecule has 2 rings (SSSR count). The van der Waals surface area contributed by atoms with Crippen molar-refractivity contribution in [1.29, 1.82) is 0 Å². The van der Waals surface area contributed by atoms with Gasteiger partial charge in [0.2, 0.25) is 5.56 Å². The van der Waals surface area contributed by atoms with Crippen LogP contribution in [0.4, 0.5) is 0 Å². The summed E-state index contributed by atoms with van der Waals surface area (Å²) in [4.78, 5) is 25.5. The van der Waals surface area contributed by atoms with Crippen molar-refractivity contribution >= 4 is 5.97 Å². The van der Waals surface area contributed by atoms with Crippen molar-refractivity contribution in [1.82, 2.24) is 10.3 Å². The normalized spacial score (nSPS) is 20.0. The summed E-state index contributed by atoms with van der Waals surface area (Å²) in [6.07, 6.45) is 2.84. The Morgan fingerprint density at radius 3 is 3.06 bits per heavy atom. The van der Waals surface area contributed by atoms with Crippen LogP contribution in [-0.4, -0.2) is 24.1 Å². The van der Waals surface area contributed by atoms with E-state index >= 15 is 0 Å². The zero-order valence-electron chi connectivity index (χ0n) is 10.7. The number of carbonyl (C=O) groups is 1. The third-order valence-electron chi connectivity index (χ3n) is 3.34. The lowest BCUT2D eigenvalue weighted by Gasteiger charge is -2.27.